The molecular weight excluding hydrogens is 328 g/mol. The highest BCUT2D eigenvalue weighted by atomic mass is 32.1. The van der Waals surface area contributed by atoms with Gasteiger partial charge in [-0.2, -0.15) is 9.61 Å². The summed E-state index contributed by atoms with van der Waals surface area (Å²) in [7, 11) is 0. The summed E-state index contributed by atoms with van der Waals surface area (Å²) < 4.78 is 1.54. The van der Waals surface area contributed by atoms with Crippen LogP contribution in [-0.4, -0.2) is 37.7 Å². The van der Waals surface area contributed by atoms with E-state index in [1.165, 1.54) is 33.5 Å². The summed E-state index contributed by atoms with van der Waals surface area (Å²) in [5.41, 5.74) is 0. The van der Waals surface area contributed by atoms with Gasteiger partial charge in [0.25, 0.3) is 0 Å². The monoisotopic (exact) mass is 348 g/mol. The lowest BCUT2D eigenvalue weighted by molar-refractivity contribution is 0.113. The van der Waals surface area contributed by atoms with Gasteiger partial charge in [0.05, 0.1) is 10.9 Å². The molecule has 7 heteroatoms. The summed E-state index contributed by atoms with van der Waals surface area (Å²) in [6, 6.07) is 4.33. The molecule has 23 heavy (non-hydrogen) atoms. The molecule has 3 atom stereocenters. The van der Waals surface area contributed by atoms with Crippen molar-refractivity contribution in [2.24, 2.45) is 11.8 Å². The van der Waals surface area contributed by atoms with E-state index < -0.39 is 0 Å². The second-order valence-electron chi connectivity index (χ2n) is 6.56. The van der Waals surface area contributed by atoms with Crippen molar-refractivity contribution in [3.05, 3.63) is 33.6 Å². The fraction of sp³-hybridized carbons (Fsp3) is 0.500. The van der Waals surface area contributed by atoms with Crippen molar-refractivity contribution < 1.29 is 5.11 Å². The molecule has 1 saturated heterocycles. The van der Waals surface area contributed by atoms with Crippen LogP contribution >= 0.6 is 22.7 Å². The van der Waals surface area contributed by atoms with Gasteiger partial charge in [0.2, 0.25) is 10.8 Å². The molecule has 1 aliphatic rings. The number of aromatic nitrogens is 3. The molecule has 5 nitrogen and oxygen atoms in total. The summed E-state index contributed by atoms with van der Waals surface area (Å²) in [4.78, 5) is 9.71. The zero-order valence-corrected chi connectivity index (χ0v) is 14.8. The van der Waals surface area contributed by atoms with Crippen molar-refractivity contribution in [2.75, 3.05) is 13.1 Å². The second kappa shape index (κ2) is 5.89. The average molecular weight is 348 g/mol. The van der Waals surface area contributed by atoms with E-state index in [0.29, 0.717) is 11.8 Å². The molecule has 4 rings (SSSR count). The molecule has 0 aromatic carbocycles. The molecule has 0 bridgehead atoms. The van der Waals surface area contributed by atoms with Crippen molar-refractivity contribution in [3.8, 4) is 5.88 Å². The molecule has 0 aliphatic carbocycles. The normalized spacial score (nSPS) is 24.3. The number of thiazole rings is 1. The van der Waals surface area contributed by atoms with E-state index in [1.54, 1.807) is 11.3 Å². The number of thiophene rings is 1. The molecule has 0 unspecified atom stereocenters. The average Bonchev–Trinajstić information content (AvgIpc) is 3.20. The van der Waals surface area contributed by atoms with Crippen LogP contribution in [0.15, 0.2) is 23.8 Å². The van der Waals surface area contributed by atoms with Gasteiger partial charge in [0.1, 0.15) is 6.33 Å². The number of nitrogens with zero attached hydrogens (tertiary/aromatic N) is 4. The Bertz CT molecular complexity index is 784. The van der Waals surface area contributed by atoms with Crippen LogP contribution in [-0.2, 0) is 0 Å². The Morgan fingerprint density at radius 2 is 2.09 bits per heavy atom. The predicted octanol–water partition coefficient (Wildman–Crippen LogP) is 3.63. The van der Waals surface area contributed by atoms with Crippen LogP contribution < -0.4 is 0 Å². The van der Waals surface area contributed by atoms with E-state index in [-0.39, 0.29) is 11.9 Å². The van der Waals surface area contributed by atoms with Crippen LogP contribution in [0, 0.1) is 11.8 Å². The Hall–Kier alpha value is -1.44. The number of rotatable bonds is 3. The van der Waals surface area contributed by atoms with Crippen LogP contribution in [0.4, 0.5) is 0 Å². The highest BCUT2D eigenvalue weighted by molar-refractivity contribution is 7.17. The highest BCUT2D eigenvalue weighted by Gasteiger charge is 2.33. The number of aromatic hydroxyl groups is 1. The van der Waals surface area contributed by atoms with Crippen molar-refractivity contribution in [1.82, 2.24) is 19.5 Å². The van der Waals surface area contributed by atoms with Gasteiger partial charge in [-0.1, -0.05) is 31.3 Å². The quantitative estimate of drug-likeness (QED) is 0.785. The number of likely N-dealkylation sites (tertiary alicyclic amines) is 1. The summed E-state index contributed by atoms with van der Waals surface area (Å²) >= 11 is 3.28. The van der Waals surface area contributed by atoms with Crippen molar-refractivity contribution >= 4 is 27.6 Å². The minimum Gasteiger partial charge on any atom is -0.492 e. The first-order valence-electron chi connectivity index (χ1n) is 7.92. The molecule has 0 amide bonds. The largest absolute Gasteiger partial charge is 0.492 e. The maximum absolute atomic E-state index is 10.7. The fourth-order valence-electron chi connectivity index (χ4n) is 3.72. The van der Waals surface area contributed by atoms with Crippen LogP contribution in [0.25, 0.3) is 4.96 Å². The molecule has 0 spiro atoms. The Morgan fingerprint density at radius 1 is 1.30 bits per heavy atom. The third kappa shape index (κ3) is 2.66. The summed E-state index contributed by atoms with van der Waals surface area (Å²) in [6.45, 7) is 6.74. The van der Waals surface area contributed by atoms with E-state index in [0.717, 1.165) is 22.9 Å². The van der Waals surface area contributed by atoms with Gasteiger partial charge in [0, 0.05) is 18.0 Å². The lowest BCUT2D eigenvalue weighted by atomic mass is 9.90. The van der Waals surface area contributed by atoms with Crippen LogP contribution in [0.5, 0.6) is 5.88 Å². The van der Waals surface area contributed by atoms with Gasteiger partial charge < -0.3 is 5.11 Å². The zero-order valence-electron chi connectivity index (χ0n) is 13.2. The van der Waals surface area contributed by atoms with Crippen LogP contribution in [0.3, 0.4) is 0 Å². The first-order valence-corrected chi connectivity index (χ1v) is 9.62. The predicted molar refractivity (Wildman–Crippen MR) is 93.2 cm³/mol. The molecular formula is C16H20N4OS2. The lowest BCUT2D eigenvalue weighted by Gasteiger charge is -2.39. The van der Waals surface area contributed by atoms with Gasteiger partial charge in [-0.25, -0.2) is 4.98 Å². The number of hydrogen-bond donors (Lipinski definition) is 1. The standard InChI is InChI=1S/C16H20N4OS2/c1-10-6-11(2)8-19(7-10)13(12-4-3-5-22-12)14-15(21)20-16(23-14)17-9-18-20/h3-5,9-11,13,21H,6-8H2,1-2H3/t10-,11+,13-/m0/s1. The van der Waals surface area contributed by atoms with E-state index in [4.69, 9.17) is 0 Å². The van der Waals surface area contributed by atoms with E-state index in [2.05, 4.69) is 46.3 Å². The van der Waals surface area contributed by atoms with Crippen LogP contribution in [0.1, 0.15) is 36.1 Å². The molecule has 0 saturated carbocycles. The van der Waals surface area contributed by atoms with Gasteiger partial charge in [-0.3, -0.25) is 4.90 Å². The molecule has 3 aromatic heterocycles. The maximum Gasteiger partial charge on any atom is 0.230 e. The fourth-order valence-corrected chi connectivity index (χ4v) is 5.74. The minimum absolute atomic E-state index is 0.0914. The summed E-state index contributed by atoms with van der Waals surface area (Å²) in [5, 5.41) is 16.9. The zero-order chi connectivity index (χ0) is 16.0. The third-order valence-electron chi connectivity index (χ3n) is 4.46. The summed E-state index contributed by atoms with van der Waals surface area (Å²) in [6.07, 6.45) is 2.76. The topological polar surface area (TPSA) is 53.7 Å². The molecule has 3 aromatic rings. The first-order chi connectivity index (χ1) is 11.1. The van der Waals surface area contributed by atoms with Gasteiger partial charge in [-0.05, 0) is 29.7 Å². The smallest absolute Gasteiger partial charge is 0.230 e. The van der Waals surface area contributed by atoms with Crippen molar-refractivity contribution in [3.63, 3.8) is 0 Å². The highest BCUT2D eigenvalue weighted by Crippen LogP contribution is 2.42. The maximum atomic E-state index is 10.7. The number of hydrogen-bond acceptors (Lipinski definition) is 6. The van der Waals surface area contributed by atoms with Gasteiger partial charge in [0.15, 0.2) is 0 Å². The molecule has 4 heterocycles. The Labute approximate surface area is 143 Å². The van der Waals surface area contributed by atoms with Crippen molar-refractivity contribution in [1.29, 1.82) is 0 Å². The second-order valence-corrected chi connectivity index (χ2v) is 8.55. The third-order valence-corrected chi connectivity index (χ3v) is 6.47. The molecule has 0 radical (unpaired) electrons. The molecule has 1 fully saturated rings. The SMILES string of the molecule is C[C@@H]1C[C@H](C)CN([C@@H](c2cccs2)c2sc3ncnn3c2O)C1. The number of piperidine rings is 1. The Kier molecular flexibility index (Phi) is 3.87. The van der Waals surface area contributed by atoms with E-state index in [1.807, 2.05) is 0 Å². The Morgan fingerprint density at radius 3 is 2.74 bits per heavy atom. The minimum atomic E-state index is 0.0914. The first kappa shape index (κ1) is 15.1. The molecule has 1 N–H and O–H groups in total. The van der Waals surface area contributed by atoms with Crippen molar-refractivity contribution in [2.45, 2.75) is 26.3 Å². The molecule has 1 aliphatic heterocycles. The van der Waals surface area contributed by atoms with E-state index in [9.17, 15) is 5.11 Å². The lowest BCUT2D eigenvalue weighted by Crippen LogP contribution is -2.41. The number of fused-ring (bicyclic) bond motifs is 1. The van der Waals surface area contributed by atoms with E-state index >= 15 is 0 Å². The Balaban J connectivity index is 1.79. The van der Waals surface area contributed by atoms with Gasteiger partial charge >= 0.3 is 0 Å². The van der Waals surface area contributed by atoms with Gasteiger partial charge in [-0.15, -0.1) is 11.3 Å². The molecule has 122 valence electrons. The summed E-state index contributed by atoms with van der Waals surface area (Å²) in [5.74, 6) is 1.57. The van der Waals surface area contributed by atoms with Crippen LogP contribution in [0.2, 0.25) is 0 Å².